The van der Waals surface area contributed by atoms with Crippen molar-refractivity contribution in [2.45, 2.75) is 38.3 Å². The number of methoxy groups -OCH3 is 2. The van der Waals surface area contributed by atoms with E-state index in [-0.39, 0.29) is 30.2 Å². The van der Waals surface area contributed by atoms with Gasteiger partial charge in [-0.25, -0.2) is 9.80 Å². The number of carboxylic acids is 1. The summed E-state index contributed by atoms with van der Waals surface area (Å²) in [6, 6.07) is 7.36. The molecule has 0 saturated carbocycles. The van der Waals surface area contributed by atoms with Gasteiger partial charge in [0.15, 0.2) is 5.96 Å². The van der Waals surface area contributed by atoms with Gasteiger partial charge in [0, 0.05) is 25.5 Å². The number of nitrogens with two attached hydrogens (primary N) is 1. The van der Waals surface area contributed by atoms with Crippen LogP contribution >= 0.6 is 0 Å². The molecule has 6 amide bonds. The molecule has 1 heterocycles. The highest BCUT2D eigenvalue weighted by Gasteiger charge is 2.47. The number of urea groups is 1. The van der Waals surface area contributed by atoms with Gasteiger partial charge >= 0.3 is 12.0 Å². The van der Waals surface area contributed by atoms with E-state index >= 15 is 0 Å². The molecule has 0 bridgehead atoms. The number of carboxylic acid groups (broad SMARTS) is 1. The minimum absolute atomic E-state index is 0.0174. The summed E-state index contributed by atoms with van der Waals surface area (Å²) in [4.78, 5) is 77.4. The maximum atomic E-state index is 13.5. The largest absolute Gasteiger partial charge is 0.497 e. The van der Waals surface area contributed by atoms with E-state index in [0.29, 0.717) is 33.3 Å². The number of hydrazine groups is 1. The Kier molecular flexibility index (Phi) is 11.4. The van der Waals surface area contributed by atoms with Crippen LogP contribution in [0.3, 0.4) is 0 Å². The van der Waals surface area contributed by atoms with Crippen molar-refractivity contribution in [1.82, 2.24) is 26.0 Å². The van der Waals surface area contributed by atoms with E-state index < -0.39 is 54.1 Å². The number of carbonyl (C=O) groups excluding carboxylic acids is 5. The predicted octanol–water partition coefficient (Wildman–Crippen LogP) is 0.351. The Morgan fingerprint density at radius 1 is 1.11 bits per heavy atom. The summed E-state index contributed by atoms with van der Waals surface area (Å²) in [5.41, 5.74) is 6.28. The molecule has 45 heavy (non-hydrogen) atoms. The summed E-state index contributed by atoms with van der Waals surface area (Å²) in [6.07, 6.45) is 1.01. The Labute approximate surface area is 258 Å². The lowest BCUT2D eigenvalue weighted by Crippen LogP contribution is -2.60. The van der Waals surface area contributed by atoms with Crippen LogP contribution in [-0.2, 0) is 19.2 Å². The number of benzene rings is 2. The molecule has 1 fully saturated rings. The molecule has 0 aromatic heterocycles. The molecule has 1 radical (unpaired) electrons. The third-order valence-corrected chi connectivity index (χ3v) is 6.67. The van der Waals surface area contributed by atoms with Crippen molar-refractivity contribution >= 4 is 41.6 Å². The second-order valence-electron chi connectivity index (χ2n) is 9.80. The highest BCUT2D eigenvalue weighted by atomic mass is 16.5. The number of nitrogens with zero attached hydrogens (tertiary/aromatic N) is 2. The molecule has 2 atom stereocenters. The van der Waals surface area contributed by atoms with E-state index in [1.165, 1.54) is 20.3 Å². The summed E-state index contributed by atoms with van der Waals surface area (Å²) < 4.78 is 10.4. The molecule has 16 heteroatoms. The second-order valence-corrected chi connectivity index (χ2v) is 9.80. The summed E-state index contributed by atoms with van der Waals surface area (Å²) in [7, 11) is 2.90. The van der Waals surface area contributed by atoms with Gasteiger partial charge in [0.05, 0.1) is 20.6 Å². The minimum Gasteiger partial charge on any atom is -0.497 e. The Morgan fingerprint density at radius 3 is 2.33 bits per heavy atom. The molecule has 0 spiro atoms. The number of hydrogen-bond donors (Lipinski definition) is 6. The van der Waals surface area contributed by atoms with Crippen LogP contribution in [0.1, 0.15) is 47.7 Å². The number of hydrogen-bond acceptors (Lipinski definition) is 9. The lowest BCUT2D eigenvalue weighted by Gasteiger charge is -2.33. The summed E-state index contributed by atoms with van der Waals surface area (Å²) in [5, 5.41) is 24.6. The van der Waals surface area contributed by atoms with Gasteiger partial charge in [-0.3, -0.25) is 34.7 Å². The zero-order valence-electron chi connectivity index (χ0n) is 24.8. The number of nitrogens with one attached hydrogen (secondary N) is 4. The van der Waals surface area contributed by atoms with Crippen molar-refractivity contribution in [1.29, 1.82) is 5.41 Å². The fraction of sp³-hybridized carbons (Fsp3) is 0.310. The van der Waals surface area contributed by atoms with Gasteiger partial charge < -0.3 is 30.9 Å². The molecule has 0 aliphatic carbocycles. The predicted molar refractivity (Wildman–Crippen MR) is 158 cm³/mol. The van der Waals surface area contributed by atoms with Crippen LogP contribution in [0, 0.1) is 11.8 Å². The quantitative estimate of drug-likeness (QED) is 0.0726. The van der Waals surface area contributed by atoms with E-state index in [4.69, 9.17) is 20.6 Å². The van der Waals surface area contributed by atoms with E-state index in [9.17, 15) is 33.9 Å². The molecule has 16 nitrogen and oxygen atoms in total. The third kappa shape index (κ3) is 8.68. The number of ether oxygens (including phenoxy) is 2. The number of imide groups is 2. The van der Waals surface area contributed by atoms with Crippen LogP contribution < -0.4 is 31.2 Å². The molecule has 2 aromatic rings. The molecule has 1 aliphatic heterocycles. The van der Waals surface area contributed by atoms with E-state index in [1.807, 2.05) is 0 Å². The topological polar surface area (TPSA) is 234 Å². The Morgan fingerprint density at radius 2 is 1.76 bits per heavy atom. The summed E-state index contributed by atoms with van der Waals surface area (Å²) in [6.45, 7) is 1.16. The second kappa shape index (κ2) is 15.2. The van der Waals surface area contributed by atoms with Crippen LogP contribution in [0.2, 0.25) is 0 Å². The summed E-state index contributed by atoms with van der Waals surface area (Å²) in [5.74, 6) is -5.02. The first-order valence-electron chi connectivity index (χ1n) is 13.6. The highest BCUT2D eigenvalue weighted by Crippen LogP contribution is 2.24. The molecule has 1 aliphatic rings. The van der Waals surface area contributed by atoms with Crippen molar-refractivity contribution in [2.24, 2.45) is 5.73 Å². The zero-order chi connectivity index (χ0) is 33.3. The molecular formula is C29H34N7O9. The van der Waals surface area contributed by atoms with Crippen LogP contribution in [0.25, 0.3) is 0 Å². The Balaban J connectivity index is 1.87. The van der Waals surface area contributed by atoms with Crippen LogP contribution in [0.4, 0.5) is 4.79 Å². The SMILES string of the molecule is COc1ccc([CH]c2ccc(OC)cc2C(=O)NC(=O)[C@H](CC(=O)O)N(C(C)=O)N2C(=O)N[C@@H](CCCNC(=N)N)C2=O)cc1. The van der Waals surface area contributed by atoms with Crippen LogP contribution in [-0.4, -0.2) is 89.6 Å². The van der Waals surface area contributed by atoms with Gasteiger partial charge in [0.1, 0.15) is 23.6 Å². The summed E-state index contributed by atoms with van der Waals surface area (Å²) >= 11 is 0. The average molecular weight is 625 g/mol. The lowest BCUT2D eigenvalue weighted by molar-refractivity contribution is -0.164. The van der Waals surface area contributed by atoms with Crippen molar-refractivity contribution in [3.05, 3.63) is 65.6 Å². The smallest absolute Gasteiger partial charge is 0.344 e. The van der Waals surface area contributed by atoms with Crippen LogP contribution in [0.15, 0.2) is 42.5 Å². The highest BCUT2D eigenvalue weighted by molar-refractivity contribution is 6.10. The number of rotatable bonds is 14. The maximum absolute atomic E-state index is 13.5. The third-order valence-electron chi connectivity index (χ3n) is 6.67. The maximum Gasteiger partial charge on any atom is 0.344 e. The van der Waals surface area contributed by atoms with E-state index in [1.54, 1.807) is 42.8 Å². The normalized spacial score (nSPS) is 14.6. The van der Waals surface area contributed by atoms with Gasteiger partial charge in [-0.1, -0.05) is 18.2 Å². The van der Waals surface area contributed by atoms with Crippen molar-refractivity contribution < 1.29 is 43.3 Å². The first kappa shape index (κ1) is 33.8. The number of aliphatic carboxylic acids is 1. The fourth-order valence-corrected chi connectivity index (χ4v) is 4.53. The van der Waals surface area contributed by atoms with Crippen LogP contribution in [0.5, 0.6) is 11.5 Å². The van der Waals surface area contributed by atoms with E-state index in [0.717, 1.165) is 6.92 Å². The number of amides is 6. The standard InChI is InChI=1S/C29H34N7O9/c1-16(37)35(36-27(42)22(33-29(36)43)5-4-12-32-28(30)31)23(15-24(38)39)26(41)34-25(40)21-14-20(45-3)11-8-18(21)13-17-6-9-19(44-2)10-7-17/h6-11,13-14,22-23H,4-5,12,15H2,1-3H3,(H,33,43)(H,38,39)(H4,30,31,32)(H,34,40,41)/t22-,23-/m0/s1. The van der Waals surface area contributed by atoms with Crippen molar-refractivity contribution in [2.75, 3.05) is 20.8 Å². The first-order valence-corrected chi connectivity index (χ1v) is 13.6. The lowest BCUT2D eigenvalue weighted by atomic mass is 9.98. The van der Waals surface area contributed by atoms with Gasteiger partial charge in [-0.2, -0.15) is 5.01 Å². The average Bonchev–Trinajstić information content (AvgIpc) is 3.27. The molecular weight excluding hydrogens is 590 g/mol. The Hall–Kier alpha value is -5.67. The molecule has 0 unspecified atom stereocenters. The fourth-order valence-electron chi connectivity index (χ4n) is 4.53. The zero-order valence-corrected chi connectivity index (χ0v) is 24.8. The molecule has 3 rings (SSSR count). The molecule has 239 valence electrons. The monoisotopic (exact) mass is 624 g/mol. The van der Waals surface area contributed by atoms with Gasteiger partial charge in [0.25, 0.3) is 17.7 Å². The molecule has 2 aromatic carbocycles. The number of carbonyl (C=O) groups is 6. The number of guanidine groups is 1. The Bertz CT molecular complexity index is 1480. The molecule has 1 saturated heterocycles. The first-order chi connectivity index (χ1) is 21.4. The van der Waals surface area contributed by atoms with Gasteiger partial charge in [0.2, 0.25) is 5.91 Å². The minimum atomic E-state index is -1.96. The van der Waals surface area contributed by atoms with Crippen molar-refractivity contribution in [3.63, 3.8) is 0 Å². The van der Waals surface area contributed by atoms with Gasteiger partial charge in [-0.05, 0) is 48.2 Å². The molecule has 7 N–H and O–H groups in total. The van der Waals surface area contributed by atoms with Crippen molar-refractivity contribution in [3.8, 4) is 11.5 Å². The van der Waals surface area contributed by atoms with E-state index in [2.05, 4.69) is 16.0 Å². The van der Waals surface area contributed by atoms with Gasteiger partial charge in [-0.15, -0.1) is 0 Å².